The number of ether oxygens (including phenoxy) is 1. The van der Waals surface area contributed by atoms with Gasteiger partial charge in [0.05, 0.1) is 13.2 Å². The highest BCUT2D eigenvalue weighted by Gasteiger charge is 2.17. The SMILES string of the molecule is COc1c(C(O)CCN)ccc(O)c1Cl. The average Bonchev–Trinajstić information content (AvgIpc) is 2.22. The predicted octanol–water partition coefficient (Wildman–Crippen LogP) is 1.44. The fraction of sp³-hybridized carbons (Fsp3) is 0.400. The Morgan fingerprint density at radius 3 is 2.73 bits per heavy atom. The molecule has 0 aliphatic rings. The van der Waals surface area contributed by atoms with Crippen molar-refractivity contribution in [2.75, 3.05) is 13.7 Å². The third-order valence-electron chi connectivity index (χ3n) is 2.11. The third kappa shape index (κ3) is 2.53. The highest BCUT2D eigenvalue weighted by molar-refractivity contribution is 6.33. The lowest BCUT2D eigenvalue weighted by Crippen LogP contribution is -2.08. The van der Waals surface area contributed by atoms with E-state index in [1.54, 1.807) is 6.07 Å². The molecule has 0 aliphatic heterocycles. The molecular weight excluding hydrogens is 218 g/mol. The van der Waals surface area contributed by atoms with Crippen molar-refractivity contribution in [3.05, 3.63) is 22.7 Å². The van der Waals surface area contributed by atoms with Gasteiger partial charge in [0.1, 0.15) is 16.5 Å². The van der Waals surface area contributed by atoms with Crippen LogP contribution in [-0.4, -0.2) is 23.9 Å². The molecule has 0 bridgehead atoms. The minimum atomic E-state index is -0.733. The monoisotopic (exact) mass is 231 g/mol. The van der Waals surface area contributed by atoms with Gasteiger partial charge in [-0.05, 0) is 25.1 Å². The number of phenols is 1. The van der Waals surface area contributed by atoms with Crippen LogP contribution in [0.5, 0.6) is 11.5 Å². The Kier molecular flexibility index (Phi) is 4.20. The number of halogens is 1. The highest BCUT2D eigenvalue weighted by atomic mass is 35.5. The first-order chi connectivity index (χ1) is 7.11. The number of methoxy groups -OCH3 is 1. The number of hydrogen-bond donors (Lipinski definition) is 3. The van der Waals surface area contributed by atoms with Crippen LogP contribution >= 0.6 is 11.6 Å². The first-order valence-corrected chi connectivity index (χ1v) is 4.93. The molecular formula is C10H14ClNO3. The molecule has 0 saturated heterocycles. The number of aliphatic hydroxyl groups excluding tert-OH is 1. The van der Waals surface area contributed by atoms with Crippen LogP contribution in [0.4, 0.5) is 0 Å². The van der Waals surface area contributed by atoms with E-state index in [-0.39, 0.29) is 16.5 Å². The molecule has 0 aliphatic carbocycles. The Morgan fingerprint density at radius 1 is 1.53 bits per heavy atom. The molecule has 4 N–H and O–H groups in total. The number of phenolic OH excluding ortho intramolecular Hbond substituents is 1. The summed E-state index contributed by atoms with van der Waals surface area (Å²) < 4.78 is 5.03. The van der Waals surface area contributed by atoms with Crippen LogP contribution in [0.1, 0.15) is 18.1 Å². The van der Waals surface area contributed by atoms with Gasteiger partial charge in [-0.3, -0.25) is 0 Å². The molecule has 84 valence electrons. The van der Waals surface area contributed by atoms with E-state index in [0.29, 0.717) is 18.5 Å². The zero-order valence-corrected chi connectivity index (χ0v) is 9.16. The molecule has 1 unspecified atom stereocenters. The minimum Gasteiger partial charge on any atom is -0.506 e. The van der Waals surface area contributed by atoms with Gasteiger partial charge in [0.2, 0.25) is 0 Å². The molecule has 0 saturated carbocycles. The Labute approximate surface area is 93.2 Å². The summed E-state index contributed by atoms with van der Waals surface area (Å²) in [4.78, 5) is 0. The second-order valence-electron chi connectivity index (χ2n) is 3.11. The van der Waals surface area contributed by atoms with Gasteiger partial charge in [-0.25, -0.2) is 0 Å². The van der Waals surface area contributed by atoms with Gasteiger partial charge in [0, 0.05) is 5.56 Å². The number of aromatic hydroxyl groups is 1. The molecule has 1 aromatic carbocycles. The normalized spacial score (nSPS) is 12.5. The van der Waals surface area contributed by atoms with Crippen LogP contribution in [0, 0.1) is 0 Å². The zero-order chi connectivity index (χ0) is 11.4. The first-order valence-electron chi connectivity index (χ1n) is 4.55. The van der Waals surface area contributed by atoms with Crippen LogP contribution in [0.15, 0.2) is 12.1 Å². The number of aliphatic hydroxyl groups is 1. The summed E-state index contributed by atoms with van der Waals surface area (Å²) in [7, 11) is 1.43. The molecule has 5 heteroatoms. The van der Waals surface area contributed by atoms with E-state index in [1.165, 1.54) is 13.2 Å². The smallest absolute Gasteiger partial charge is 0.147 e. The molecule has 0 fully saturated rings. The summed E-state index contributed by atoms with van der Waals surface area (Å²) in [6.07, 6.45) is -0.319. The van der Waals surface area contributed by atoms with Gasteiger partial charge in [-0.2, -0.15) is 0 Å². The number of nitrogens with two attached hydrogens (primary N) is 1. The summed E-state index contributed by atoms with van der Waals surface area (Å²) in [5.74, 6) is 0.217. The summed E-state index contributed by atoms with van der Waals surface area (Å²) in [5, 5.41) is 19.2. The van der Waals surface area contributed by atoms with Crippen LogP contribution in [0.3, 0.4) is 0 Å². The van der Waals surface area contributed by atoms with E-state index in [9.17, 15) is 10.2 Å². The number of benzene rings is 1. The maximum absolute atomic E-state index is 9.75. The van der Waals surface area contributed by atoms with Gasteiger partial charge in [0.15, 0.2) is 0 Å². The van der Waals surface area contributed by atoms with Crippen molar-refractivity contribution in [3.8, 4) is 11.5 Å². The van der Waals surface area contributed by atoms with E-state index >= 15 is 0 Å². The van der Waals surface area contributed by atoms with E-state index < -0.39 is 6.10 Å². The summed E-state index contributed by atoms with van der Waals surface area (Å²) >= 11 is 5.83. The third-order valence-corrected chi connectivity index (χ3v) is 2.48. The van der Waals surface area contributed by atoms with Gasteiger partial charge >= 0.3 is 0 Å². The second-order valence-corrected chi connectivity index (χ2v) is 3.49. The van der Waals surface area contributed by atoms with Crippen molar-refractivity contribution in [3.63, 3.8) is 0 Å². The first kappa shape index (κ1) is 12.1. The molecule has 0 aromatic heterocycles. The maximum Gasteiger partial charge on any atom is 0.147 e. The van der Waals surface area contributed by atoms with E-state index in [2.05, 4.69) is 0 Å². The fourth-order valence-electron chi connectivity index (χ4n) is 1.34. The van der Waals surface area contributed by atoms with Crippen molar-refractivity contribution in [1.82, 2.24) is 0 Å². The topological polar surface area (TPSA) is 75.7 Å². The minimum absolute atomic E-state index is 0.0720. The summed E-state index contributed by atoms with van der Waals surface area (Å²) in [5.41, 5.74) is 5.88. The molecule has 1 atom stereocenters. The Hall–Kier alpha value is -0.970. The van der Waals surface area contributed by atoms with Crippen molar-refractivity contribution in [2.24, 2.45) is 5.73 Å². The summed E-state index contributed by atoms with van der Waals surface area (Å²) in [6, 6.07) is 2.99. The molecule has 1 aromatic rings. The van der Waals surface area contributed by atoms with Crippen molar-refractivity contribution >= 4 is 11.6 Å². The van der Waals surface area contributed by atoms with Crippen LogP contribution in [-0.2, 0) is 0 Å². The largest absolute Gasteiger partial charge is 0.506 e. The number of rotatable bonds is 4. The van der Waals surface area contributed by atoms with E-state index in [1.807, 2.05) is 0 Å². The zero-order valence-electron chi connectivity index (χ0n) is 8.40. The van der Waals surface area contributed by atoms with Crippen molar-refractivity contribution < 1.29 is 14.9 Å². The Balaban J connectivity index is 3.12. The van der Waals surface area contributed by atoms with Gasteiger partial charge in [0.25, 0.3) is 0 Å². The molecule has 0 heterocycles. The van der Waals surface area contributed by atoms with Crippen molar-refractivity contribution in [2.45, 2.75) is 12.5 Å². The second kappa shape index (κ2) is 5.21. The molecule has 1 rings (SSSR count). The quantitative estimate of drug-likeness (QED) is 0.733. The molecule has 0 amide bonds. The molecule has 0 spiro atoms. The lowest BCUT2D eigenvalue weighted by molar-refractivity contribution is 0.166. The van der Waals surface area contributed by atoms with E-state index in [0.717, 1.165) is 0 Å². The Bertz CT molecular complexity index is 344. The van der Waals surface area contributed by atoms with Crippen LogP contribution in [0.2, 0.25) is 5.02 Å². The highest BCUT2D eigenvalue weighted by Crippen LogP contribution is 2.39. The standard InChI is InChI=1S/C10H14ClNO3/c1-15-10-6(7(13)4-5-12)2-3-8(14)9(10)11/h2-3,7,13-14H,4-5,12H2,1H3. The fourth-order valence-corrected chi connectivity index (χ4v) is 1.59. The van der Waals surface area contributed by atoms with Crippen molar-refractivity contribution in [1.29, 1.82) is 0 Å². The van der Waals surface area contributed by atoms with Crippen LogP contribution < -0.4 is 10.5 Å². The van der Waals surface area contributed by atoms with Crippen LogP contribution in [0.25, 0.3) is 0 Å². The average molecular weight is 232 g/mol. The maximum atomic E-state index is 9.75. The summed E-state index contributed by atoms with van der Waals surface area (Å²) in [6.45, 7) is 0.364. The Morgan fingerprint density at radius 2 is 2.20 bits per heavy atom. The van der Waals surface area contributed by atoms with Gasteiger partial charge in [-0.1, -0.05) is 11.6 Å². The lowest BCUT2D eigenvalue weighted by Gasteiger charge is -2.15. The lowest BCUT2D eigenvalue weighted by atomic mass is 10.1. The molecule has 0 radical (unpaired) electrons. The van der Waals surface area contributed by atoms with E-state index in [4.69, 9.17) is 22.1 Å². The van der Waals surface area contributed by atoms with Gasteiger partial charge in [-0.15, -0.1) is 0 Å². The van der Waals surface area contributed by atoms with Gasteiger partial charge < -0.3 is 20.7 Å². The molecule has 15 heavy (non-hydrogen) atoms. The molecule has 4 nitrogen and oxygen atoms in total. The predicted molar refractivity (Wildman–Crippen MR) is 58.3 cm³/mol. The number of hydrogen-bond acceptors (Lipinski definition) is 4.